The van der Waals surface area contributed by atoms with Crippen molar-refractivity contribution in [3.8, 4) is 0 Å². The molecule has 5 nitrogen and oxygen atoms in total. The van der Waals surface area contributed by atoms with Gasteiger partial charge in [-0.15, -0.1) is 0 Å². The van der Waals surface area contributed by atoms with Crippen LogP contribution in [0.25, 0.3) is 0 Å². The summed E-state index contributed by atoms with van der Waals surface area (Å²) in [4.78, 5) is 16.2. The molecule has 0 radical (unpaired) electrons. The zero-order valence-electron chi connectivity index (χ0n) is 15.6. The van der Waals surface area contributed by atoms with Gasteiger partial charge in [0.15, 0.2) is 0 Å². The maximum Gasteiger partial charge on any atom is 0.227 e. The van der Waals surface area contributed by atoms with E-state index in [0.29, 0.717) is 0 Å². The van der Waals surface area contributed by atoms with Crippen molar-refractivity contribution in [1.29, 1.82) is 0 Å². The minimum Gasteiger partial charge on any atom is -0.368 e. The van der Waals surface area contributed by atoms with Gasteiger partial charge in [-0.3, -0.25) is 0 Å². The van der Waals surface area contributed by atoms with Gasteiger partial charge in [0.2, 0.25) is 5.95 Å². The first-order valence-corrected chi connectivity index (χ1v) is 9.72. The molecule has 1 fully saturated rings. The number of hydrogen-bond acceptors (Lipinski definition) is 5. The van der Waals surface area contributed by atoms with Gasteiger partial charge in [-0.25, -0.2) is 9.37 Å². The van der Waals surface area contributed by atoms with E-state index < -0.39 is 0 Å². The highest BCUT2D eigenvalue weighted by Gasteiger charge is 2.23. The lowest BCUT2D eigenvalue weighted by Crippen LogP contribution is -2.47. The van der Waals surface area contributed by atoms with Crippen molar-refractivity contribution in [1.82, 2.24) is 9.97 Å². The topological polar surface area (TPSA) is 35.5 Å². The van der Waals surface area contributed by atoms with Gasteiger partial charge in [0.05, 0.1) is 0 Å². The number of halogens is 1. The van der Waals surface area contributed by atoms with Crippen LogP contribution in [0.3, 0.4) is 0 Å². The molecule has 5 rings (SSSR count). The quantitative estimate of drug-likeness (QED) is 0.699. The van der Waals surface area contributed by atoms with E-state index >= 15 is 0 Å². The minimum absolute atomic E-state index is 0.198. The number of benzene rings is 2. The number of rotatable bonds is 3. The summed E-state index contributed by atoms with van der Waals surface area (Å²) in [6.07, 6.45) is 2.90. The van der Waals surface area contributed by atoms with E-state index in [9.17, 15) is 4.39 Å². The fraction of sp³-hybridized carbons (Fsp3) is 0.273. The summed E-state index contributed by atoms with van der Waals surface area (Å²) in [6.45, 7) is 4.38. The van der Waals surface area contributed by atoms with E-state index in [1.807, 2.05) is 24.4 Å². The number of piperazine rings is 1. The van der Waals surface area contributed by atoms with Crippen molar-refractivity contribution >= 4 is 23.1 Å². The second-order valence-corrected chi connectivity index (χ2v) is 7.20. The normalized spacial score (nSPS) is 16.4. The molecule has 28 heavy (non-hydrogen) atoms. The third-order valence-corrected chi connectivity index (χ3v) is 5.55. The Morgan fingerprint density at radius 1 is 0.786 bits per heavy atom. The van der Waals surface area contributed by atoms with Gasteiger partial charge in [0.25, 0.3) is 0 Å². The van der Waals surface area contributed by atoms with Crippen LogP contribution in [0, 0.1) is 5.82 Å². The number of para-hydroxylation sites is 1. The third-order valence-electron chi connectivity index (χ3n) is 5.55. The van der Waals surface area contributed by atoms with Gasteiger partial charge >= 0.3 is 0 Å². The Labute approximate surface area is 164 Å². The highest BCUT2D eigenvalue weighted by molar-refractivity contribution is 5.68. The first-order chi connectivity index (χ1) is 13.8. The smallest absolute Gasteiger partial charge is 0.227 e. The van der Waals surface area contributed by atoms with Crippen LogP contribution in [-0.4, -0.2) is 42.7 Å². The number of anilines is 4. The summed E-state index contributed by atoms with van der Waals surface area (Å²) >= 11 is 0. The molecule has 0 saturated carbocycles. The fourth-order valence-electron chi connectivity index (χ4n) is 4.03. The zero-order valence-corrected chi connectivity index (χ0v) is 15.6. The van der Waals surface area contributed by atoms with Crippen LogP contribution in [-0.2, 0) is 6.42 Å². The second kappa shape index (κ2) is 7.11. The molecule has 3 heterocycles. The van der Waals surface area contributed by atoms with Gasteiger partial charge < -0.3 is 14.7 Å². The molecule has 1 saturated heterocycles. The molecule has 2 aromatic carbocycles. The Morgan fingerprint density at radius 2 is 1.54 bits per heavy atom. The van der Waals surface area contributed by atoms with Crippen molar-refractivity contribution in [3.63, 3.8) is 0 Å². The van der Waals surface area contributed by atoms with Crippen molar-refractivity contribution in [2.45, 2.75) is 6.42 Å². The van der Waals surface area contributed by atoms with Gasteiger partial charge in [-0.1, -0.05) is 18.2 Å². The van der Waals surface area contributed by atoms with Crippen LogP contribution in [0.2, 0.25) is 0 Å². The molecule has 2 aliphatic rings. The van der Waals surface area contributed by atoms with Crippen molar-refractivity contribution in [2.24, 2.45) is 0 Å². The first-order valence-electron chi connectivity index (χ1n) is 9.72. The Bertz CT molecular complexity index is 967. The molecule has 2 aliphatic heterocycles. The summed E-state index contributed by atoms with van der Waals surface area (Å²) < 4.78 is 13.1. The standard InChI is InChI=1S/C22H22FN5/c23-18-5-7-19(8-6-18)26-13-15-27(16-14-26)22-24-11-9-21(25-22)28-12-10-17-3-1-2-4-20(17)28/h1-9,11H,10,12-16H2. The predicted molar refractivity (Wildman–Crippen MR) is 110 cm³/mol. The second-order valence-electron chi connectivity index (χ2n) is 7.20. The van der Waals surface area contributed by atoms with Gasteiger partial charge in [-0.05, 0) is 48.4 Å². The summed E-state index contributed by atoms with van der Waals surface area (Å²) in [6, 6.07) is 17.2. The van der Waals surface area contributed by atoms with E-state index in [2.05, 4.69) is 43.9 Å². The van der Waals surface area contributed by atoms with Crippen molar-refractivity contribution in [2.75, 3.05) is 47.4 Å². The Kier molecular flexibility index (Phi) is 4.31. The monoisotopic (exact) mass is 375 g/mol. The number of fused-ring (bicyclic) bond motifs is 1. The summed E-state index contributed by atoms with van der Waals surface area (Å²) in [7, 11) is 0. The lowest BCUT2D eigenvalue weighted by atomic mass is 10.2. The molecule has 0 amide bonds. The number of aromatic nitrogens is 2. The van der Waals surface area contributed by atoms with Gasteiger partial charge in [-0.2, -0.15) is 4.98 Å². The van der Waals surface area contributed by atoms with Crippen LogP contribution in [0.15, 0.2) is 60.8 Å². The third kappa shape index (κ3) is 3.15. The van der Waals surface area contributed by atoms with E-state index in [1.54, 1.807) is 0 Å². The summed E-state index contributed by atoms with van der Waals surface area (Å²) in [5.41, 5.74) is 3.67. The predicted octanol–water partition coefficient (Wildman–Crippen LogP) is 3.64. The lowest BCUT2D eigenvalue weighted by molar-refractivity contribution is 0.623. The molecule has 0 unspecified atom stereocenters. The van der Waals surface area contributed by atoms with E-state index in [1.165, 1.54) is 23.4 Å². The fourth-order valence-corrected chi connectivity index (χ4v) is 4.03. The molecule has 1 aromatic heterocycles. The Hall–Kier alpha value is -3.15. The molecule has 0 bridgehead atoms. The van der Waals surface area contributed by atoms with Crippen molar-refractivity contribution in [3.05, 3.63) is 72.2 Å². The van der Waals surface area contributed by atoms with Gasteiger partial charge in [0.1, 0.15) is 11.6 Å². The van der Waals surface area contributed by atoms with E-state index in [-0.39, 0.29) is 5.82 Å². The van der Waals surface area contributed by atoms with Crippen LogP contribution in [0.4, 0.5) is 27.5 Å². The molecule has 0 atom stereocenters. The largest absolute Gasteiger partial charge is 0.368 e. The SMILES string of the molecule is Fc1ccc(N2CCN(c3nccc(N4CCc5ccccc54)n3)CC2)cc1. The Balaban J connectivity index is 1.31. The summed E-state index contributed by atoms with van der Waals surface area (Å²) in [5, 5.41) is 0. The molecular formula is C22H22FN5. The molecule has 6 heteroatoms. The van der Waals surface area contributed by atoms with Crippen molar-refractivity contribution < 1.29 is 4.39 Å². The highest BCUT2D eigenvalue weighted by Crippen LogP contribution is 2.33. The maximum absolute atomic E-state index is 13.1. The number of nitrogens with zero attached hydrogens (tertiary/aromatic N) is 5. The molecular weight excluding hydrogens is 353 g/mol. The van der Waals surface area contributed by atoms with Crippen LogP contribution in [0.5, 0.6) is 0 Å². The Morgan fingerprint density at radius 3 is 2.36 bits per heavy atom. The lowest BCUT2D eigenvalue weighted by Gasteiger charge is -2.36. The van der Waals surface area contributed by atoms with Gasteiger partial charge in [0, 0.05) is 50.3 Å². The average Bonchev–Trinajstić information content (AvgIpc) is 3.19. The highest BCUT2D eigenvalue weighted by atomic mass is 19.1. The zero-order chi connectivity index (χ0) is 18.9. The molecule has 0 aliphatic carbocycles. The maximum atomic E-state index is 13.1. The molecule has 142 valence electrons. The van der Waals surface area contributed by atoms with E-state index in [4.69, 9.17) is 4.98 Å². The average molecular weight is 375 g/mol. The first kappa shape index (κ1) is 17.0. The minimum atomic E-state index is -0.198. The molecule has 0 spiro atoms. The van der Waals surface area contributed by atoms with E-state index in [0.717, 1.165) is 56.6 Å². The summed E-state index contributed by atoms with van der Waals surface area (Å²) in [5.74, 6) is 1.53. The van der Waals surface area contributed by atoms with Crippen LogP contribution >= 0.6 is 0 Å². The number of hydrogen-bond donors (Lipinski definition) is 0. The van der Waals surface area contributed by atoms with Crippen LogP contribution < -0.4 is 14.7 Å². The molecule has 0 N–H and O–H groups in total. The molecule has 3 aromatic rings. The van der Waals surface area contributed by atoms with Crippen LogP contribution in [0.1, 0.15) is 5.56 Å².